The number of benzene rings is 2. The molecule has 7 nitrogen and oxygen atoms in total. The summed E-state index contributed by atoms with van der Waals surface area (Å²) < 4.78 is 13.1. The van der Waals surface area contributed by atoms with Crippen LogP contribution in [0.3, 0.4) is 0 Å². The van der Waals surface area contributed by atoms with E-state index in [4.69, 9.17) is 9.47 Å². The third-order valence-electron chi connectivity index (χ3n) is 4.39. The Balaban J connectivity index is 1.54. The van der Waals surface area contributed by atoms with Crippen LogP contribution < -0.4 is 9.47 Å². The van der Waals surface area contributed by atoms with E-state index in [0.29, 0.717) is 23.7 Å². The van der Waals surface area contributed by atoms with Gasteiger partial charge in [-0.05, 0) is 25.1 Å². The summed E-state index contributed by atoms with van der Waals surface area (Å²) in [4.78, 5) is 4.67. The molecule has 0 saturated heterocycles. The van der Waals surface area contributed by atoms with Crippen LogP contribution in [0.4, 0.5) is 0 Å². The predicted octanol–water partition coefficient (Wildman–Crippen LogP) is 3.35. The Morgan fingerprint density at radius 3 is 2.63 bits per heavy atom. The molecule has 4 rings (SSSR count). The largest absolute Gasteiger partial charge is 0.493 e. The Bertz CT molecular complexity index is 1050. The number of aromatic amines is 1. The number of hydrogen-bond donors (Lipinski definition) is 1. The van der Waals surface area contributed by atoms with Crippen LogP contribution >= 0.6 is 0 Å². The number of nitrogens with zero attached hydrogens (tertiary/aromatic N) is 4. The first kappa shape index (κ1) is 17.1. The van der Waals surface area contributed by atoms with Gasteiger partial charge in [-0.3, -0.25) is 5.10 Å². The van der Waals surface area contributed by atoms with Gasteiger partial charge >= 0.3 is 0 Å². The number of hydrogen-bond acceptors (Lipinski definition) is 5. The Morgan fingerprint density at radius 2 is 1.81 bits per heavy atom. The molecule has 0 radical (unpaired) electrons. The maximum absolute atomic E-state index is 5.85. The molecular formula is C20H21N5O2. The zero-order valence-electron chi connectivity index (χ0n) is 15.3. The molecule has 0 aliphatic carbocycles. The number of aryl methyl sites for hydroxylation is 1. The first-order chi connectivity index (χ1) is 13.3. The molecule has 1 N–H and O–H groups in total. The van der Waals surface area contributed by atoms with Crippen LogP contribution in [0.15, 0.2) is 48.5 Å². The van der Waals surface area contributed by atoms with Crippen LogP contribution in [0.2, 0.25) is 0 Å². The second-order valence-corrected chi connectivity index (χ2v) is 6.10. The molecule has 27 heavy (non-hydrogen) atoms. The minimum Gasteiger partial charge on any atom is -0.493 e. The average molecular weight is 363 g/mol. The zero-order chi connectivity index (χ0) is 18.6. The van der Waals surface area contributed by atoms with Crippen molar-refractivity contribution < 1.29 is 9.47 Å². The van der Waals surface area contributed by atoms with E-state index < -0.39 is 0 Å². The van der Waals surface area contributed by atoms with Gasteiger partial charge in [0.25, 0.3) is 0 Å². The van der Waals surface area contributed by atoms with Crippen LogP contribution in [-0.4, -0.2) is 32.1 Å². The molecule has 0 amide bonds. The molecule has 2 heterocycles. The smallest absolute Gasteiger partial charge is 0.188 e. The standard InChI is InChI=1S/C20H21N5O2/c1-3-25-20(12-16-14-8-4-5-9-15(14)22-23-16)21-19(24-25)13-27-18-11-7-6-10-17(18)26-2/h4-11H,3,12-13H2,1-2H3,(H,22,23). The lowest BCUT2D eigenvalue weighted by molar-refractivity contribution is 0.276. The SMILES string of the molecule is CCn1nc(COc2ccccc2OC)nc1Cc1[nH]nc2ccccc12. The second-order valence-electron chi connectivity index (χ2n) is 6.10. The van der Waals surface area contributed by atoms with Crippen LogP contribution in [0, 0.1) is 0 Å². The molecule has 0 unspecified atom stereocenters. The highest BCUT2D eigenvalue weighted by molar-refractivity contribution is 5.81. The summed E-state index contributed by atoms with van der Waals surface area (Å²) in [5.41, 5.74) is 1.99. The summed E-state index contributed by atoms with van der Waals surface area (Å²) in [6.45, 7) is 3.07. The number of fused-ring (bicyclic) bond motifs is 1. The number of nitrogens with one attached hydrogen (secondary N) is 1. The van der Waals surface area contributed by atoms with Gasteiger partial charge in [0, 0.05) is 18.4 Å². The number of rotatable bonds is 7. The van der Waals surface area contributed by atoms with Gasteiger partial charge in [0.2, 0.25) is 0 Å². The third kappa shape index (κ3) is 3.48. The maximum Gasteiger partial charge on any atom is 0.188 e. The average Bonchev–Trinajstić information content (AvgIpc) is 3.31. The number of para-hydroxylation sites is 3. The highest BCUT2D eigenvalue weighted by atomic mass is 16.5. The van der Waals surface area contributed by atoms with E-state index in [2.05, 4.69) is 26.3 Å². The van der Waals surface area contributed by atoms with Crippen molar-refractivity contribution in [3.05, 3.63) is 65.9 Å². The van der Waals surface area contributed by atoms with E-state index in [1.165, 1.54) is 0 Å². The number of aromatic nitrogens is 5. The fraction of sp³-hybridized carbons (Fsp3) is 0.250. The van der Waals surface area contributed by atoms with Crippen LogP contribution in [0.5, 0.6) is 11.5 Å². The van der Waals surface area contributed by atoms with Gasteiger partial charge in [0.05, 0.1) is 18.3 Å². The van der Waals surface area contributed by atoms with E-state index in [0.717, 1.165) is 29.0 Å². The summed E-state index contributed by atoms with van der Waals surface area (Å²) in [5.74, 6) is 2.89. The quantitative estimate of drug-likeness (QED) is 0.545. The Labute approximate surface area is 157 Å². The molecule has 0 aliphatic rings. The summed E-state index contributed by atoms with van der Waals surface area (Å²) in [6.07, 6.45) is 0.635. The molecule has 138 valence electrons. The Morgan fingerprint density at radius 1 is 1.04 bits per heavy atom. The predicted molar refractivity (Wildman–Crippen MR) is 102 cm³/mol. The number of methoxy groups -OCH3 is 1. The molecule has 2 aromatic heterocycles. The van der Waals surface area contributed by atoms with Gasteiger partial charge in [-0.15, -0.1) is 0 Å². The van der Waals surface area contributed by atoms with E-state index in [9.17, 15) is 0 Å². The van der Waals surface area contributed by atoms with Crippen molar-refractivity contribution in [3.63, 3.8) is 0 Å². The summed E-state index contributed by atoms with van der Waals surface area (Å²) in [6, 6.07) is 15.6. The van der Waals surface area contributed by atoms with Gasteiger partial charge in [-0.1, -0.05) is 30.3 Å². The fourth-order valence-corrected chi connectivity index (χ4v) is 3.06. The molecular weight excluding hydrogens is 342 g/mol. The Hall–Kier alpha value is -3.35. The third-order valence-corrected chi connectivity index (χ3v) is 4.39. The molecule has 0 atom stereocenters. The maximum atomic E-state index is 5.85. The monoisotopic (exact) mass is 363 g/mol. The molecule has 7 heteroatoms. The zero-order valence-corrected chi connectivity index (χ0v) is 15.3. The molecule has 0 aliphatic heterocycles. The van der Waals surface area contributed by atoms with Crippen molar-refractivity contribution >= 4 is 10.9 Å². The first-order valence-corrected chi connectivity index (χ1v) is 8.89. The molecule has 0 saturated carbocycles. The van der Waals surface area contributed by atoms with Gasteiger partial charge in [-0.2, -0.15) is 10.2 Å². The normalized spacial score (nSPS) is 11.0. The van der Waals surface area contributed by atoms with E-state index in [1.807, 2.05) is 54.1 Å². The van der Waals surface area contributed by atoms with Gasteiger partial charge in [0.15, 0.2) is 17.3 Å². The van der Waals surface area contributed by atoms with E-state index in [1.54, 1.807) is 7.11 Å². The summed E-state index contributed by atoms with van der Waals surface area (Å²) in [5, 5.41) is 13.1. The Kier molecular flexibility index (Phi) is 4.74. The van der Waals surface area contributed by atoms with Crippen molar-refractivity contribution in [2.24, 2.45) is 0 Å². The highest BCUT2D eigenvalue weighted by Gasteiger charge is 2.14. The fourth-order valence-electron chi connectivity index (χ4n) is 3.06. The van der Waals surface area contributed by atoms with Crippen molar-refractivity contribution in [1.82, 2.24) is 25.0 Å². The van der Waals surface area contributed by atoms with Crippen molar-refractivity contribution in [3.8, 4) is 11.5 Å². The first-order valence-electron chi connectivity index (χ1n) is 8.89. The van der Waals surface area contributed by atoms with Crippen molar-refractivity contribution in [1.29, 1.82) is 0 Å². The van der Waals surface area contributed by atoms with Gasteiger partial charge in [0.1, 0.15) is 12.4 Å². The minimum absolute atomic E-state index is 0.282. The highest BCUT2D eigenvalue weighted by Crippen LogP contribution is 2.26. The van der Waals surface area contributed by atoms with E-state index in [-0.39, 0.29) is 6.61 Å². The van der Waals surface area contributed by atoms with Crippen LogP contribution in [-0.2, 0) is 19.6 Å². The van der Waals surface area contributed by atoms with Gasteiger partial charge in [-0.25, -0.2) is 9.67 Å². The molecule has 0 bridgehead atoms. The van der Waals surface area contributed by atoms with E-state index >= 15 is 0 Å². The molecule has 0 spiro atoms. The lowest BCUT2D eigenvalue weighted by Gasteiger charge is -2.08. The molecule has 0 fully saturated rings. The van der Waals surface area contributed by atoms with Crippen molar-refractivity contribution in [2.45, 2.75) is 26.5 Å². The van der Waals surface area contributed by atoms with Crippen LogP contribution in [0.25, 0.3) is 10.9 Å². The summed E-state index contributed by atoms with van der Waals surface area (Å²) >= 11 is 0. The minimum atomic E-state index is 0.282. The molecule has 4 aromatic rings. The molecule has 2 aromatic carbocycles. The topological polar surface area (TPSA) is 77.9 Å². The number of H-pyrrole nitrogens is 1. The number of ether oxygens (including phenoxy) is 2. The van der Waals surface area contributed by atoms with Crippen LogP contribution in [0.1, 0.15) is 24.3 Å². The van der Waals surface area contributed by atoms with Gasteiger partial charge < -0.3 is 9.47 Å². The lowest BCUT2D eigenvalue weighted by Crippen LogP contribution is -2.05. The second kappa shape index (κ2) is 7.49. The van der Waals surface area contributed by atoms with Crippen molar-refractivity contribution in [2.75, 3.05) is 7.11 Å². The lowest BCUT2D eigenvalue weighted by atomic mass is 10.1. The summed E-state index contributed by atoms with van der Waals surface area (Å²) in [7, 11) is 1.62.